The first-order chi connectivity index (χ1) is 7.74. The van der Waals surface area contributed by atoms with Gasteiger partial charge in [0.15, 0.2) is 0 Å². The smallest absolute Gasteiger partial charge is 0.215 e. The predicted octanol–water partition coefficient (Wildman–Crippen LogP) is 1.54. The molecule has 0 spiro atoms. The van der Waals surface area contributed by atoms with Gasteiger partial charge in [-0.25, -0.2) is 12.7 Å². The molecule has 0 aromatic heterocycles. The number of aryl methyl sites for hydroxylation is 1. The summed E-state index contributed by atoms with van der Waals surface area (Å²) < 4.78 is 24.5. The number of rotatable bonds is 4. The van der Waals surface area contributed by atoms with E-state index < -0.39 is 16.1 Å². The van der Waals surface area contributed by atoms with Crippen molar-refractivity contribution in [3.8, 4) is 0 Å². The van der Waals surface area contributed by atoms with E-state index in [1.54, 1.807) is 12.1 Å². The number of nitrogens with two attached hydrogens (primary N) is 1. The van der Waals surface area contributed by atoms with Crippen LogP contribution in [-0.4, -0.2) is 32.6 Å². The Bertz CT molecular complexity index is 500. The monoisotopic (exact) mass is 276 g/mol. The van der Waals surface area contributed by atoms with Crippen molar-refractivity contribution in [2.45, 2.75) is 13.0 Å². The minimum atomic E-state index is -3.29. The van der Waals surface area contributed by atoms with Gasteiger partial charge in [-0.05, 0) is 24.1 Å². The lowest BCUT2D eigenvalue weighted by Crippen LogP contribution is -2.31. The maximum Gasteiger partial charge on any atom is 0.215 e. The first-order valence-electron chi connectivity index (χ1n) is 5.16. The summed E-state index contributed by atoms with van der Waals surface area (Å²) in [6.45, 7) is 1.86. The number of benzene rings is 1. The van der Waals surface area contributed by atoms with E-state index in [1.165, 1.54) is 18.4 Å². The second kappa shape index (κ2) is 5.35. The summed E-state index contributed by atoms with van der Waals surface area (Å²) in [4.78, 5) is 0. The summed E-state index contributed by atoms with van der Waals surface area (Å²) in [5.41, 5.74) is 7.55. The molecule has 0 amide bonds. The molecule has 0 radical (unpaired) electrons. The summed E-state index contributed by atoms with van der Waals surface area (Å²) in [7, 11) is -0.303. The number of nitrogens with zero attached hydrogens (tertiary/aromatic N) is 1. The zero-order valence-corrected chi connectivity index (χ0v) is 11.7. The number of sulfonamides is 1. The van der Waals surface area contributed by atoms with Crippen LogP contribution in [0.5, 0.6) is 0 Å². The molecule has 1 atom stereocenters. The average Bonchev–Trinajstić information content (AvgIpc) is 2.21. The Morgan fingerprint density at radius 3 is 2.47 bits per heavy atom. The molecule has 1 unspecified atom stereocenters. The molecule has 1 aromatic carbocycles. The second-order valence-corrected chi connectivity index (χ2v) is 6.81. The van der Waals surface area contributed by atoms with Crippen LogP contribution in [0.25, 0.3) is 0 Å². The third-order valence-electron chi connectivity index (χ3n) is 2.56. The van der Waals surface area contributed by atoms with Crippen molar-refractivity contribution in [2.24, 2.45) is 5.73 Å². The lowest BCUT2D eigenvalue weighted by Gasteiger charge is -2.17. The van der Waals surface area contributed by atoms with E-state index in [0.29, 0.717) is 5.02 Å². The fraction of sp³-hybridized carbons (Fsp3) is 0.455. The van der Waals surface area contributed by atoms with E-state index in [2.05, 4.69) is 0 Å². The van der Waals surface area contributed by atoms with Crippen LogP contribution in [0.1, 0.15) is 17.2 Å². The minimum absolute atomic E-state index is 0.110. The van der Waals surface area contributed by atoms with Crippen LogP contribution in [-0.2, 0) is 10.0 Å². The molecule has 0 aliphatic heterocycles. The van der Waals surface area contributed by atoms with E-state index in [1.807, 2.05) is 13.0 Å². The Balaban J connectivity index is 2.91. The molecule has 0 aliphatic carbocycles. The van der Waals surface area contributed by atoms with Gasteiger partial charge < -0.3 is 5.73 Å². The highest BCUT2D eigenvalue weighted by atomic mass is 35.5. The van der Waals surface area contributed by atoms with Gasteiger partial charge in [-0.2, -0.15) is 0 Å². The third-order valence-corrected chi connectivity index (χ3v) is 4.87. The normalized spacial score (nSPS) is 14.0. The Hall–Kier alpha value is -0.620. The van der Waals surface area contributed by atoms with E-state index in [4.69, 9.17) is 17.3 Å². The number of hydrogen-bond acceptors (Lipinski definition) is 3. The Labute approximate surface area is 107 Å². The SMILES string of the molecule is Cc1cc(C(N)CS(=O)(=O)N(C)C)ccc1Cl. The van der Waals surface area contributed by atoms with E-state index in [-0.39, 0.29) is 5.75 Å². The second-order valence-electron chi connectivity index (χ2n) is 4.18. The molecule has 6 heteroatoms. The van der Waals surface area contributed by atoms with Crippen molar-refractivity contribution in [1.82, 2.24) is 4.31 Å². The fourth-order valence-corrected chi connectivity index (χ4v) is 2.43. The molecule has 1 rings (SSSR count). The molecule has 1 aromatic rings. The van der Waals surface area contributed by atoms with Crippen LogP contribution in [0.4, 0.5) is 0 Å². The molecular formula is C11H17ClN2O2S. The summed E-state index contributed by atoms with van der Waals surface area (Å²) in [6, 6.07) is 4.76. The van der Waals surface area contributed by atoms with Crippen molar-refractivity contribution < 1.29 is 8.42 Å². The molecule has 0 bridgehead atoms. The topological polar surface area (TPSA) is 63.4 Å². The van der Waals surface area contributed by atoms with Gasteiger partial charge in [-0.1, -0.05) is 23.7 Å². The predicted molar refractivity (Wildman–Crippen MR) is 70.6 cm³/mol. The molecule has 96 valence electrons. The molecule has 0 fully saturated rings. The summed E-state index contributed by atoms with van der Waals surface area (Å²) >= 11 is 5.90. The van der Waals surface area contributed by atoms with E-state index in [0.717, 1.165) is 11.1 Å². The summed E-state index contributed by atoms with van der Waals surface area (Å²) in [5.74, 6) is -0.110. The van der Waals surface area contributed by atoms with Gasteiger partial charge >= 0.3 is 0 Å². The highest BCUT2D eigenvalue weighted by molar-refractivity contribution is 7.89. The third kappa shape index (κ3) is 3.67. The Morgan fingerprint density at radius 2 is 2.00 bits per heavy atom. The van der Waals surface area contributed by atoms with Crippen molar-refractivity contribution in [3.05, 3.63) is 34.3 Å². The molecule has 2 N–H and O–H groups in total. The maximum absolute atomic E-state index is 11.7. The minimum Gasteiger partial charge on any atom is -0.323 e. The van der Waals surface area contributed by atoms with Crippen molar-refractivity contribution in [3.63, 3.8) is 0 Å². The van der Waals surface area contributed by atoms with Crippen molar-refractivity contribution >= 4 is 21.6 Å². The number of halogens is 1. The highest BCUT2D eigenvalue weighted by Crippen LogP contribution is 2.20. The molecule has 0 aliphatic rings. The molecule has 0 saturated carbocycles. The molecular weight excluding hydrogens is 260 g/mol. The van der Waals surface area contributed by atoms with Crippen LogP contribution in [0.15, 0.2) is 18.2 Å². The standard InChI is InChI=1S/C11H17ClN2O2S/c1-8-6-9(4-5-10(8)12)11(13)7-17(15,16)14(2)3/h4-6,11H,7,13H2,1-3H3. The molecule has 17 heavy (non-hydrogen) atoms. The first-order valence-corrected chi connectivity index (χ1v) is 7.14. The highest BCUT2D eigenvalue weighted by Gasteiger charge is 2.19. The average molecular weight is 277 g/mol. The lowest BCUT2D eigenvalue weighted by atomic mass is 10.1. The summed E-state index contributed by atoms with van der Waals surface area (Å²) in [5, 5.41) is 0.649. The maximum atomic E-state index is 11.7. The van der Waals surface area contributed by atoms with E-state index >= 15 is 0 Å². The van der Waals surface area contributed by atoms with E-state index in [9.17, 15) is 8.42 Å². The van der Waals surface area contributed by atoms with Gasteiger partial charge in [0.05, 0.1) is 5.75 Å². The Morgan fingerprint density at radius 1 is 1.41 bits per heavy atom. The molecule has 0 heterocycles. The largest absolute Gasteiger partial charge is 0.323 e. The van der Waals surface area contributed by atoms with Gasteiger partial charge in [0.25, 0.3) is 0 Å². The van der Waals surface area contributed by atoms with Crippen LogP contribution in [0.3, 0.4) is 0 Å². The Kier molecular flexibility index (Phi) is 4.55. The van der Waals surface area contributed by atoms with Gasteiger partial charge in [0.1, 0.15) is 0 Å². The van der Waals surface area contributed by atoms with Gasteiger partial charge in [0.2, 0.25) is 10.0 Å². The number of hydrogen-bond donors (Lipinski definition) is 1. The first kappa shape index (κ1) is 14.4. The van der Waals surface area contributed by atoms with Crippen LogP contribution in [0, 0.1) is 6.92 Å². The van der Waals surface area contributed by atoms with Gasteiger partial charge in [-0.15, -0.1) is 0 Å². The zero-order valence-electron chi connectivity index (χ0n) is 10.1. The fourth-order valence-electron chi connectivity index (χ4n) is 1.37. The molecule has 4 nitrogen and oxygen atoms in total. The van der Waals surface area contributed by atoms with Crippen LogP contribution < -0.4 is 5.73 Å². The van der Waals surface area contributed by atoms with Crippen LogP contribution in [0.2, 0.25) is 5.02 Å². The van der Waals surface area contributed by atoms with Crippen molar-refractivity contribution in [1.29, 1.82) is 0 Å². The quantitative estimate of drug-likeness (QED) is 0.907. The van der Waals surface area contributed by atoms with Crippen molar-refractivity contribution in [2.75, 3.05) is 19.8 Å². The zero-order chi connectivity index (χ0) is 13.2. The van der Waals surface area contributed by atoms with Gasteiger partial charge in [0, 0.05) is 25.2 Å². The molecule has 0 saturated heterocycles. The summed E-state index contributed by atoms with van der Waals surface area (Å²) in [6.07, 6.45) is 0. The van der Waals surface area contributed by atoms with Crippen LogP contribution >= 0.6 is 11.6 Å². The van der Waals surface area contributed by atoms with Gasteiger partial charge in [-0.3, -0.25) is 0 Å². The lowest BCUT2D eigenvalue weighted by molar-refractivity contribution is 0.515.